The number of para-hydroxylation sites is 1. The number of hydrogen-bond acceptors (Lipinski definition) is 3. The highest BCUT2D eigenvalue weighted by atomic mass is 35.5. The van der Waals surface area contributed by atoms with Crippen molar-refractivity contribution in [3.8, 4) is 0 Å². The number of nitrogen functional groups attached to an aromatic ring is 1. The Bertz CT molecular complexity index is 787. The molecule has 3 aromatic rings. The van der Waals surface area contributed by atoms with Gasteiger partial charge in [0.1, 0.15) is 0 Å². The Morgan fingerprint density at radius 1 is 1.05 bits per heavy atom. The molecule has 1 aromatic heterocycles. The maximum atomic E-state index is 6.17. The maximum Gasteiger partial charge on any atom is 0.0746 e. The predicted molar refractivity (Wildman–Crippen MR) is 85.9 cm³/mol. The van der Waals surface area contributed by atoms with E-state index in [4.69, 9.17) is 28.9 Å². The second-order valence-electron chi connectivity index (χ2n) is 4.35. The molecule has 3 nitrogen and oxygen atoms in total. The molecule has 100 valence electrons. The minimum Gasteiger partial charge on any atom is -0.396 e. The molecule has 0 saturated carbocycles. The Labute approximate surface area is 126 Å². The summed E-state index contributed by atoms with van der Waals surface area (Å²) in [6.07, 6.45) is 1.63. The van der Waals surface area contributed by atoms with Crippen molar-refractivity contribution < 1.29 is 0 Å². The van der Waals surface area contributed by atoms with Crippen LogP contribution in [0.15, 0.2) is 48.7 Å². The minimum atomic E-state index is 0.555. The monoisotopic (exact) mass is 303 g/mol. The molecule has 3 N–H and O–H groups in total. The van der Waals surface area contributed by atoms with E-state index in [2.05, 4.69) is 10.3 Å². The lowest BCUT2D eigenvalue weighted by Gasteiger charge is -2.13. The normalized spacial score (nSPS) is 10.7. The van der Waals surface area contributed by atoms with Crippen molar-refractivity contribution in [2.24, 2.45) is 0 Å². The fraction of sp³-hybridized carbons (Fsp3) is 0. The zero-order chi connectivity index (χ0) is 14.1. The molecule has 3 rings (SSSR count). The average Bonchev–Trinajstić information content (AvgIpc) is 2.46. The van der Waals surface area contributed by atoms with Gasteiger partial charge in [0.15, 0.2) is 0 Å². The number of nitrogens with zero attached hydrogens (tertiary/aromatic N) is 1. The second-order valence-corrected chi connectivity index (χ2v) is 5.20. The summed E-state index contributed by atoms with van der Waals surface area (Å²) in [6.45, 7) is 0. The third kappa shape index (κ3) is 2.38. The van der Waals surface area contributed by atoms with Crippen LogP contribution in [0.25, 0.3) is 10.9 Å². The first-order valence-electron chi connectivity index (χ1n) is 6.00. The summed E-state index contributed by atoms with van der Waals surface area (Å²) in [7, 11) is 0. The number of nitrogens with two attached hydrogens (primary N) is 1. The first kappa shape index (κ1) is 13.0. The summed E-state index contributed by atoms with van der Waals surface area (Å²) in [5.41, 5.74) is 8.93. The molecule has 0 aliphatic heterocycles. The van der Waals surface area contributed by atoms with Crippen LogP contribution in [0.1, 0.15) is 0 Å². The van der Waals surface area contributed by atoms with Crippen molar-refractivity contribution in [3.63, 3.8) is 0 Å². The third-order valence-electron chi connectivity index (χ3n) is 2.99. The molecule has 0 atom stereocenters. The lowest BCUT2D eigenvalue weighted by molar-refractivity contribution is 1.40. The topological polar surface area (TPSA) is 50.9 Å². The van der Waals surface area contributed by atoms with Crippen LogP contribution in [-0.4, -0.2) is 4.98 Å². The fourth-order valence-electron chi connectivity index (χ4n) is 2.02. The van der Waals surface area contributed by atoms with E-state index in [0.717, 1.165) is 16.6 Å². The van der Waals surface area contributed by atoms with Gasteiger partial charge in [0.2, 0.25) is 0 Å². The Hall–Kier alpha value is -1.97. The number of anilines is 3. The van der Waals surface area contributed by atoms with E-state index in [0.29, 0.717) is 21.4 Å². The molecule has 0 spiro atoms. The molecule has 0 saturated heterocycles. The van der Waals surface area contributed by atoms with E-state index in [1.807, 2.05) is 24.3 Å². The molecule has 5 heteroatoms. The van der Waals surface area contributed by atoms with E-state index < -0.39 is 0 Å². The van der Waals surface area contributed by atoms with Crippen LogP contribution in [-0.2, 0) is 0 Å². The largest absolute Gasteiger partial charge is 0.396 e. The third-order valence-corrected chi connectivity index (χ3v) is 3.56. The quantitative estimate of drug-likeness (QED) is 0.710. The maximum absolute atomic E-state index is 6.17. The van der Waals surface area contributed by atoms with Gasteiger partial charge in [-0.2, -0.15) is 0 Å². The number of rotatable bonds is 2. The SMILES string of the molecule is Nc1cnc2ccccc2c1Nc1cc(Cl)ccc1Cl. The van der Waals surface area contributed by atoms with Crippen LogP contribution < -0.4 is 11.1 Å². The Morgan fingerprint density at radius 3 is 2.70 bits per heavy atom. The highest BCUT2D eigenvalue weighted by Crippen LogP contribution is 2.34. The summed E-state index contributed by atoms with van der Waals surface area (Å²) < 4.78 is 0. The molecule has 0 aliphatic rings. The molecular weight excluding hydrogens is 293 g/mol. The van der Waals surface area contributed by atoms with Gasteiger partial charge in [0.25, 0.3) is 0 Å². The predicted octanol–water partition coefficient (Wildman–Crippen LogP) is 4.87. The zero-order valence-corrected chi connectivity index (χ0v) is 11.9. The van der Waals surface area contributed by atoms with Crippen molar-refractivity contribution in [1.29, 1.82) is 0 Å². The number of pyridine rings is 1. The van der Waals surface area contributed by atoms with Gasteiger partial charge in [0.05, 0.1) is 33.8 Å². The van der Waals surface area contributed by atoms with Crippen molar-refractivity contribution in [3.05, 3.63) is 58.7 Å². The number of halogens is 2. The van der Waals surface area contributed by atoms with E-state index in [1.165, 1.54) is 0 Å². The van der Waals surface area contributed by atoms with E-state index in [-0.39, 0.29) is 0 Å². The molecule has 0 bridgehead atoms. The Balaban J connectivity index is 2.15. The molecule has 0 aliphatic carbocycles. The second kappa shape index (κ2) is 5.19. The molecule has 0 radical (unpaired) electrons. The first-order valence-corrected chi connectivity index (χ1v) is 6.76. The van der Waals surface area contributed by atoms with Crippen molar-refractivity contribution >= 4 is 51.2 Å². The van der Waals surface area contributed by atoms with Gasteiger partial charge in [-0.05, 0) is 24.3 Å². The number of benzene rings is 2. The molecule has 20 heavy (non-hydrogen) atoms. The molecule has 0 amide bonds. The summed E-state index contributed by atoms with van der Waals surface area (Å²) in [4.78, 5) is 4.30. The Kier molecular flexibility index (Phi) is 3.38. The van der Waals surface area contributed by atoms with Gasteiger partial charge < -0.3 is 11.1 Å². The fourth-order valence-corrected chi connectivity index (χ4v) is 2.36. The molecule has 0 fully saturated rings. The van der Waals surface area contributed by atoms with Crippen LogP contribution in [0.3, 0.4) is 0 Å². The lowest BCUT2D eigenvalue weighted by Crippen LogP contribution is -1.99. The van der Waals surface area contributed by atoms with Crippen LogP contribution in [0.4, 0.5) is 17.1 Å². The summed E-state index contributed by atoms with van der Waals surface area (Å²) >= 11 is 12.2. The number of aromatic nitrogens is 1. The van der Waals surface area contributed by atoms with Crippen LogP contribution in [0, 0.1) is 0 Å². The van der Waals surface area contributed by atoms with Crippen LogP contribution >= 0.6 is 23.2 Å². The number of hydrogen-bond donors (Lipinski definition) is 2. The zero-order valence-electron chi connectivity index (χ0n) is 10.4. The van der Waals surface area contributed by atoms with E-state index in [9.17, 15) is 0 Å². The van der Waals surface area contributed by atoms with Gasteiger partial charge in [0, 0.05) is 10.4 Å². The summed E-state index contributed by atoms with van der Waals surface area (Å²) in [5.74, 6) is 0. The van der Waals surface area contributed by atoms with E-state index in [1.54, 1.807) is 24.4 Å². The molecule has 1 heterocycles. The minimum absolute atomic E-state index is 0.555. The molecule has 0 unspecified atom stereocenters. The van der Waals surface area contributed by atoms with Gasteiger partial charge in [-0.3, -0.25) is 4.98 Å². The van der Waals surface area contributed by atoms with E-state index >= 15 is 0 Å². The highest BCUT2D eigenvalue weighted by molar-refractivity contribution is 6.35. The van der Waals surface area contributed by atoms with Gasteiger partial charge in [-0.15, -0.1) is 0 Å². The van der Waals surface area contributed by atoms with Crippen LogP contribution in [0.2, 0.25) is 10.0 Å². The molecule has 2 aromatic carbocycles. The van der Waals surface area contributed by atoms with Crippen molar-refractivity contribution in [2.75, 3.05) is 11.1 Å². The lowest BCUT2D eigenvalue weighted by atomic mass is 10.1. The van der Waals surface area contributed by atoms with Gasteiger partial charge in [-0.1, -0.05) is 41.4 Å². The first-order chi connectivity index (χ1) is 9.65. The van der Waals surface area contributed by atoms with Crippen molar-refractivity contribution in [2.45, 2.75) is 0 Å². The standard InChI is InChI=1S/C15H11Cl2N3/c16-9-5-6-11(17)14(7-9)20-15-10-3-1-2-4-13(10)19-8-12(15)18/h1-8H,18H2,(H,19,20). The summed E-state index contributed by atoms with van der Waals surface area (Å²) in [6, 6.07) is 13.0. The number of fused-ring (bicyclic) bond motifs is 1. The van der Waals surface area contributed by atoms with Gasteiger partial charge in [-0.25, -0.2) is 0 Å². The molecular formula is C15H11Cl2N3. The average molecular weight is 304 g/mol. The highest BCUT2D eigenvalue weighted by Gasteiger charge is 2.09. The summed E-state index contributed by atoms with van der Waals surface area (Å²) in [5, 5.41) is 5.36. The van der Waals surface area contributed by atoms with Crippen molar-refractivity contribution in [1.82, 2.24) is 4.98 Å². The van der Waals surface area contributed by atoms with Crippen LogP contribution in [0.5, 0.6) is 0 Å². The van der Waals surface area contributed by atoms with Gasteiger partial charge >= 0.3 is 0 Å². The smallest absolute Gasteiger partial charge is 0.0746 e. The number of nitrogens with one attached hydrogen (secondary N) is 1. The Morgan fingerprint density at radius 2 is 1.85 bits per heavy atom.